The van der Waals surface area contributed by atoms with Gasteiger partial charge in [-0.25, -0.2) is 10.4 Å². The van der Waals surface area contributed by atoms with Crippen LogP contribution in [0.15, 0.2) is 34.5 Å². The van der Waals surface area contributed by atoms with Crippen LogP contribution in [-0.2, 0) is 11.2 Å². The van der Waals surface area contributed by atoms with Crippen LogP contribution in [0, 0.1) is 10.1 Å². The van der Waals surface area contributed by atoms with Crippen molar-refractivity contribution in [3.05, 3.63) is 45.8 Å². The quantitative estimate of drug-likeness (QED) is 0.341. The Morgan fingerprint density at radius 2 is 2.21 bits per heavy atom. The highest BCUT2D eigenvalue weighted by atomic mass is 32.2. The summed E-state index contributed by atoms with van der Waals surface area (Å²) in [6.07, 6.45) is 0.735. The summed E-state index contributed by atoms with van der Waals surface area (Å²) in [7, 11) is 0. The van der Waals surface area contributed by atoms with Crippen LogP contribution < -0.4 is 5.43 Å². The van der Waals surface area contributed by atoms with Crippen LogP contribution in [0.25, 0.3) is 0 Å². The Morgan fingerprint density at radius 1 is 1.46 bits per heavy atom. The molecule has 0 atom stereocenters. The van der Waals surface area contributed by atoms with Crippen molar-refractivity contribution in [2.45, 2.75) is 25.4 Å². The monoisotopic (exact) mass is 348 g/mol. The fraction of sp³-hybridized carbons (Fsp3) is 0.286. The van der Waals surface area contributed by atoms with E-state index in [9.17, 15) is 14.9 Å². The molecule has 10 heteroatoms. The Bertz CT molecular complexity index is 773. The number of nitrogens with zero attached hydrogens (tertiary/aromatic N) is 4. The van der Waals surface area contributed by atoms with E-state index in [1.54, 1.807) is 25.1 Å². The number of hydrazone groups is 1. The molecule has 0 saturated heterocycles. The molecule has 0 fully saturated rings. The molecule has 1 aromatic heterocycles. The molecule has 126 valence electrons. The van der Waals surface area contributed by atoms with E-state index in [4.69, 9.17) is 0 Å². The lowest BCUT2D eigenvalue weighted by Gasteiger charge is -2.03. The molecule has 2 N–H and O–H groups in total. The lowest BCUT2D eigenvalue weighted by atomic mass is 10.1. The standard InChI is InChI=1S/C14H16N6O3S/c1-3-12-15-14(19-17-12)24-8-13(21)18-16-9(2)10-6-4-5-7-11(10)20(22)23/h4-7H,3,8H2,1-2H3,(H,18,21)(H,15,17,19)/b16-9+. The smallest absolute Gasteiger partial charge is 0.272 e. The van der Waals surface area contributed by atoms with Gasteiger partial charge in [-0.3, -0.25) is 20.0 Å². The van der Waals surface area contributed by atoms with Crippen LogP contribution in [0.1, 0.15) is 25.2 Å². The van der Waals surface area contributed by atoms with Gasteiger partial charge in [0.2, 0.25) is 5.16 Å². The van der Waals surface area contributed by atoms with Crippen LogP contribution in [0.2, 0.25) is 0 Å². The summed E-state index contributed by atoms with van der Waals surface area (Å²) < 4.78 is 0. The minimum absolute atomic E-state index is 0.0600. The summed E-state index contributed by atoms with van der Waals surface area (Å²) in [5.74, 6) is 0.498. The molecule has 0 aliphatic heterocycles. The fourth-order valence-corrected chi connectivity index (χ4v) is 2.42. The van der Waals surface area contributed by atoms with Crippen molar-refractivity contribution >= 4 is 29.1 Å². The molecule has 0 bridgehead atoms. The van der Waals surface area contributed by atoms with Gasteiger partial charge >= 0.3 is 0 Å². The molecule has 0 saturated carbocycles. The van der Waals surface area contributed by atoms with E-state index in [0.717, 1.165) is 12.2 Å². The van der Waals surface area contributed by atoms with Gasteiger partial charge in [0.25, 0.3) is 11.6 Å². The minimum atomic E-state index is -0.486. The highest BCUT2D eigenvalue weighted by Crippen LogP contribution is 2.18. The van der Waals surface area contributed by atoms with Gasteiger partial charge in [0, 0.05) is 12.5 Å². The summed E-state index contributed by atoms with van der Waals surface area (Å²) in [4.78, 5) is 26.5. The average molecular weight is 348 g/mol. The van der Waals surface area contributed by atoms with E-state index in [1.807, 2.05) is 6.92 Å². The number of para-hydroxylation sites is 1. The number of aromatic amines is 1. The molecule has 0 spiro atoms. The van der Waals surface area contributed by atoms with Gasteiger partial charge in [-0.05, 0) is 13.0 Å². The van der Waals surface area contributed by atoms with Gasteiger partial charge in [0.1, 0.15) is 5.82 Å². The first-order chi connectivity index (χ1) is 11.5. The van der Waals surface area contributed by atoms with E-state index < -0.39 is 4.92 Å². The van der Waals surface area contributed by atoms with Gasteiger partial charge in [-0.1, -0.05) is 30.8 Å². The number of nitro benzene ring substituents is 1. The molecule has 1 amide bonds. The number of nitrogens with one attached hydrogen (secondary N) is 2. The molecule has 0 aliphatic carbocycles. The lowest BCUT2D eigenvalue weighted by Crippen LogP contribution is -2.21. The molecular weight excluding hydrogens is 332 g/mol. The maximum absolute atomic E-state index is 11.8. The minimum Gasteiger partial charge on any atom is -0.272 e. The van der Waals surface area contributed by atoms with Crippen LogP contribution in [0.5, 0.6) is 0 Å². The van der Waals surface area contributed by atoms with Crippen molar-refractivity contribution in [3.63, 3.8) is 0 Å². The molecule has 0 unspecified atom stereocenters. The number of rotatable bonds is 7. The number of aromatic nitrogens is 3. The van der Waals surface area contributed by atoms with Gasteiger partial charge in [0.05, 0.1) is 22.0 Å². The van der Waals surface area contributed by atoms with Crippen molar-refractivity contribution in [1.82, 2.24) is 20.6 Å². The zero-order chi connectivity index (χ0) is 17.5. The molecule has 1 heterocycles. The number of aryl methyl sites for hydroxylation is 1. The topological polar surface area (TPSA) is 126 Å². The number of hydrogen-bond acceptors (Lipinski definition) is 7. The first kappa shape index (κ1) is 17.6. The zero-order valence-corrected chi connectivity index (χ0v) is 14.0. The van der Waals surface area contributed by atoms with Crippen LogP contribution >= 0.6 is 11.8 Å². The number of hydrogen-bond donors (Lipinski definition) is 2. The molecule has 1 aromatic carbocycles. The molecule has 0 aliphatic rings. The van der Waals surface area contributed by atoms with E-state index in [0.29, 0.717) is 16.4 Å². The predicted molar refractivity (Wildman–Crippen MR) is 89.9 cm³/mol. The predicted octanol–water partition coefficient (Wildman–Crippen LogP) is 1.91. The summed E-state index contributed by atoms with van der Waals surface area (Å²) in [6.45, 7) is 3.54. The second kappa shape index (κ2) is 8.20. The molecular formula is C14H16N6O3S. The van der Waals surface area contributed by atoms with Crippen LogP contribution in [0.4, 0.5) is 5.69 Å². The number of carbonyl (C=O) groups is 1. The molecule has 9 nitrogen and oxygen atoms in total. The van der Waals surface area contributed by atoms with E-state index in [2.05, 4.69) is 25.7 Å². The van der Waals surface area contributed by atoms with Crippen LogP contribution in [-0.4, -0.2) is 37.5 Å². The Kier molecular flexibility index (Phi) is 6.01. The summed E-state index contributed by atoms with van der Waals surface area (Å²) >= 11 is 1.18. The van der Waals surface area contributed by atoms with Crippen LogP contribution in [0.3, 0.4) is 0 Å². The van der Waals surface area contributed by atoms with Gasteiger partial charge in [0.15, 0.2) is 0 Å². The number of benzene rings is 1. The number of thioether (sulfide) groups is 1. The van der Waals surface area contributed by atoms with Crippen molar-refractivity contribution in [1.29, 1.82) is 0 Å². The number of H-pyrrole nitrogens is 1. The third-order valence-electron chi connectivity index (χ3n) is 3.02. The summed E-state index contributed by atoms with van der Waals surface area (Å²) in [5, 5.41) is 22.1. The van der Waals surface area contributed by atoms with E-state index in [-0.39, 0.29) is 17.3 Å². The fourth-order valence-electron chi connectivity index (χ4n) is 1.81. The third kappa shape index (κ3) is 4.62. The SMILES string of the molecule is CCc1nc(SCC(=O)N/N=C(\C)c2ccccc2[N+](=O)[O-])n[nH]1. The number of amides is 1. The maximum atomic E-state index is 11.8. The molecule has 2 aromatic rings. The Balaban J connectivity index is 1.94. The lowest BCUT2D eigenvalue weighted by molar-refractivity contribution is -0.385. The Hall–Kier alpha value is -2.75. The first-order valence-electron chi connectivity index (χ1n) is 7.12. The zero-order valence-electron chi connectivity index (χ0n) is 13.1. The van der Waals surface area contributed by atoms with Gasteiger partial charge in [-0.15, -0.1) is 5.10 Å². The second-order valence-electron chi connectivity index (χ2n) is 4.71. The number of nitro groups is 1. The highest BCUT2D eigenvalue weighted by molar-refractivity contribution is 7.99. The normalized spacial score (nSPS) is 11.3. The van der Waals surface area contributed by atoms with Crippen molar-refractivity contribution in [3.8, 4) is 0 Å². The summed E-state index contributed by atoms with van der Waals surface area (Å²) in [5.41, 5.74) is 3.03. The second-order valence-corrected chi connectivity index (χ2v) is 5.66. The highest BCUT2D eigenvalue weighted by Gasteiger charge is 2.15. The van der Waals surface area contributed by atoms with E-state index in [1.165, 1.54) is 17.8 Å². The first-order valence-corrected chi connectivity index (χ1v) is 8.10. The largest absolute Gasteiger partial charge is 0.278 e. The number of carbonyl (C=O) groups excluding carboxylic acids is 1. The van der Waals surface area contributed by atoms with Gasteiger partial charge < -0.3 is 0 Å². The molecule has 24 heavy (non-hydrogen) atoms. The Labute approximate surface area is 142 Å². The summed E-state index contributed by atoms with van der Waals surface area (Å²) in [6, 6.07) is 6.22. The average Bonchev–Trinajstić information content (AvgIpc) is 3.05. The van der Waals surface area contributed by atoms with Crippen molar-refractivity contribution < 1.29 is 9.72 Å². The maximum Gasteiger partial charge on any atom is 0.278 e. The Morgan fingerprint density at radius 3 is 2.88 bits per heavy atom. The van der Waals surface area contributed by atoms with E-state index >= 15 is 0 Å². The molecule has 0 radical (unpaired) electrons. The molecule has 2 rings (SSSR count). The third-order valence-corrected chi connectivity index (χ3v) is 3.86. The van der Waals surface area contributed by atoms with Gasteiger partial charge in [-0.2, -0.15) is 5.10 Å². The van der Waals surface area contributed by atoms with Crippen molar-refractivity contribution in [2.75, 3.05) is 5.75 Å². The van der Waals surface area contributed by atoms with Crippen molar-refractivity contribution in [2.24, 2.45) is 5.10 Å².